The summed E-state index contributed by atoms with van der Waals surface area (Å²) in [6.45, 7) is 3.91. The quantitative estimate of drug-likeness (QED) is 0.688. The highest BCUT2D eigenvalue weighted by atomic mass is 32.2. The highest BCUT2D eigenvalue weighted by Gasteiger charge is 2.18. The Morgan fingerprint density at radius 3 is 2.58 bits per heavy atom. The van der Waals surface area contributed by atoms with E-state index in [0.29, 0.717) is 34.3 Å². The van der Waals surface area contributed by atoms with Crippen LogP contribution >= 0.6 is 0 Å². The van der Waals surface area contributed by atoms with Gasteiger partial charge in [0.2, 0.25) is 0 Å². The fourth-order valence-electron chi connectivity index (χ4n) is 2.88. The van der Waals surface area contributed by atoms with Crippen LogP contribution in [0.4, 0.5) is 0 Å². The van der Waals surface area contributed by atoms with Gasteiger partial charge in [0, 0.05) is 42.2 Å². The van der Waals surface area contributed by atoms with Crippen LogP contribution in [0.2, 0.25) is 0 Å². The van der Waals surface area contributed by atoms with Crippen LogP contribution in [0.1, 0.15) is 13.8 Å². The molecule has 0 aliphatic heterocycles. The Labute approximate surface area is 152 Å². The maximum Gasteiger partial charge on any atom is 0.258 e. The maximum atomic E-state index is 12.4. The number of sulfone groups is 1. The second-order valence-electron chi connectivity index (χ2n) is 5.87. The first-order valence-electron chi connectivity index (χ1n) is 8.32. The summed E-state index contributed by atoms with van der Waals surface area (Å²) in [4.78, 5) is 16.8. The van der Waals surface area contributed by atoms with E-state index in [1.54, 1.807) is 56.8 Å². The van der Waals surface area contributed by atoms with Gasteiger partial charge in [0.05, 0.1) is 22.6 Å². The molecule has 0 saturated carbocycles. The van der Waals surface area contributed by atoms with E-state index in [-0.39, 0.29) is 16.2 Å². The first kappa shape index (κ1) is 18.1. The molecule has 1 aromatic carbocycles. The Balaban J connectivity index is 2.39. The fraction of sp³-hybridized carbons (Fsp3) is 0.263. The number of ether oxygens (including phenoxy) is 1. The molecule has 0 radical (unpaired) electrons. The average molecular weight is 372 g/mol. The van der Waals surface area contributed by atoms with E-state index in [1.807, 2.05) is 6.92 Å². The number of hydrogen-bond acceptors (Lipinski definition) is 5. The third kappa shape index (κ3) is 3.10. The van der Waals surface area contributed by atoms with Crippen molar-refractivity contribution in [3.05, 3.63) is 53.2 Å². The molecule has 0 aliphatic rings. The lowest BCUT2D eigenvalue weighted by Gasteiger charge is -2.15. The Kier molecular flexibility index (Phi) is 4.82. The number of rotatable bonds is 5. The molecule has 0 saturated heterocycles. The van der Waals surface area contributed by atoms with Gasteiger partial charge in [-0.2, -0.15) is 0 Å². The van der Waals surface area contributed by atoms with Crippen molar-refractivity contribution in [1.82, 2.24) is 9.55 Å². The largest absolute Gasteiger partial charge is 0.493 e. The summed E-state index contributed by atoms with van der Waals surface area (Å²) in [7, 11) is -1.71. The van der Waals surface area contributed by atoms with E-state index in [0.717, 1.165) is 0 Å². The van der Waals surface area contributed by atoms with Crippen LogP contribution in [0.25, 0.3) is 21.9 Å². The summed E-state index contributed by atoms with van der Waals surface area (Å²) in [6.07, 6.45) is 4.87. The van der Waals surface area contributed by atoms with Gasteiger partial charge >= 0.3 is 0 Å². The zero-order chi connectivity index (χ0) is 18.9. The Morgan fingerprint density at radius 2 is 1.88 bits per heavy atom. The van der Waals surface area contributed by atoms with Crippen molar-refractivity contribution in [2.45, 2.75) is 18.7 Å². The van der Waals surface area contributed by atoms with E-state index < -0.39 is 9.84 Å². The number of aromatic nitrogens is 2. The molecule has 2 aromatic heterocycles. The lowest BCUT2D eigenvalue weighted by Crippen LogP contribution is -2.16. The predicted molar refractivity (Wildman–Crippen MR) is 101 cm³/mol. The minimum absolute atomic E-state index is 0.00992. The van der Waals surface area contributed by atoms with E-state index >= 15 is 0 Å². The summed E-state index contributed by atoms with van der Waals surface area (Å²) in [5.41, 5.74) is 1.18. The normalized spacial score (nSPS) is 11.7. The summed E-state index contributed by atoms with van der Waals surface area (Å²) >= 11 is 0. The van der Waals surface area contributed by atoms with Crippen molar-refractivity contribution in [2.24, 2.45) is 7.05 Å². The van der Waals surface area contributed by atoms with Gasteiger partial charge in [-0.25, -0.2) is 8.42 Å². The minimum atomic E-state index is -3.37. The van der Waals surface area contributed by atoms with Gasteiger partial charge in [-0.3, -0.25) is 9.78 Å². The summed E-state index contributed by atoms with van der Waals surface area (Å²) in [5.74, 6) is 0.571. The van der Waals surface area contributed by atoms with Gasteiger partial charge in [-0.05, 0) is 31.2 Å². The second-order valence-corrected chi connectivity index (χ2v) is 8.15. The second kappa shape index (κ2) is 6.92. The molecule has 3 rings (SSSR count). The van der Waals surface area contributed by atoms with Crippen molar-refractivity contribution >= 4 is 20.6 Å². The van der Waals surface area contributed by atoms with E-state index in [2.05, 4.69) is 4.98 Å². The zero-order valence-corrected chi connectivity index (χ0v) is 15.7. The van der Waals surface area contributed by atoms with Crippen LogP contribution in [0.3, 0.4) is 0 Å². The molecule has 0 bridgehead atoms. The zero-order valence-electron chi connectivity index (χ0n) is 14.9. The van der Waals surface area contributed by atoms with E-state index in [9.17, 15) is 13.2 Å². The lowest BCUT2D eigenvalue weighted by molar-refractivity contribution is 0.341. The molecule has 0 amide bonds. The monoisotopic (exact) mass is 372 g/mol. The van der Waals surface area contributed by atoms with Gasteiger partial charge in [-0.15, -0.1) is 0 Å². The average Bonchev–Trinajstić information content (AvgIpc) is 2.65. The number of fused-ring (bicyclic) bond motifs is 1. The van der Waals surface area contributed by atoms with Crippen LogP contribution in [-0.2, 0) is 16.9 Å². The van der Waals surface area contributed by atoms with Gasteiger partial charge < -0.3 is 9.30 Å². The summed E-state index contributed by atoms with van der Waals surface area (Å²) in [5, 5.41) is 1.17. The highest BCUT2D eigenvalue weighted by Crippen LogP contribution is 2.35. The molecule has 0 unspecified atom stereocenters. The third-order valence-corrected chi connectivity index (χ3v) is 6.00. The minimum Gasteiger partial charge on any atom is -0.493 e. The molecule has 0 spiro atoms. The summed E-state index contributed by atoms with van der Waals surface area (Å²) < 4.78 is 31.8. The smallest absolute Gasteiger partial charge is 0.258 e. The number of aryl methyl sites for hydroxylation is 1. The molecule has 0 aliphatic carbocycles. The molecular formula is C19H20N2O4S. The van der Waals surface area contributed by atoms with Gasteiger partial charge in [0.1, 0.15) is 5.75 Å². The molecule has 26 heavy (non-hydrogen) atoms. The number of nitrogens with zero attached hydrogens (tertiary/aromatic N) is 2. The molecule has 0 fully saturated rings. The molecule has 2 heterocycles. The standard InChI is InChI=1S/C19H20N2O4S/c1-4-25-18-7-6-13(26(23,24)5-2)10-15(18)17-12-21(3)19(22)14-8-9-20-11-16(14)17/h6-12H,4-5H2,1-3H3. The van der Waals surface area contributed by atoms with Crippen molar-refractivity contribution in [1.29, 1.82) is 0 Å². The fourth-order valence-corrected chi connectivity index (χ4v) is 3.79. The molecule has 7 heteroatoms. The molecule has 6 nitrogen and oxygen atoms in total. The molecular weight excluding hydrogens is 352 g/mol. The molecule has 0 atom stereocenters. The molecule has 136 valence electrons. The van der Waals surface area contributed by atoms with Crippen LogP contribution in [0, 0.1) is 0 Å². The number of benzene rings is 1. The number of hydrogen-bond donors (Lipinski definition) is 0. The predicted octanol–water partition coefficient (Wildman–Crippen LogP) is 2.79. The van der Waals surface area contributed by atoms with Gasteiger partial charge in [0.25, 0.3) is 5.56 Å². The van der Waals surface area contributed by atoms with E-state index in [4.69, 9.17) is 4.74 Å². The lowest BCUT2D eigenvalue weighted by atomic mass is 10.0. The van der Waals surface area contributed by atoms with Gasteiger partial charge in [0.15, 0.2) is 9.84 Å². The molecule has 0 N–H and O–H groups in total. The van der Waals surface area contributed by atoms with Gasteiger partial charge in [-0.1, -0.05) is 6.92 Å². The van der Waals surface area contributed by atoms with E-state index in [1.165, 1.54) is 4.57 Å². The Hall–Kier alpha value is -2.67. The SMILES string of the molecule is CCOc1ccc(S(=O)(=O)CC)cc1-c1cn(C)c(=O)c2ccncc12. The Morgan fingerprint density at radius 1 is 1.12 bits per heavy atom. The number of pyridine rings is 2. The van der Waals surface area contributed by atoms with Crippen molar-refractivity contribution in [3.8, 4) is 16.9 Å². The third-order valence-electron chi connectivity index (χ3n) is 4.26. The highest BCUT2D eigenvalue weighted by molar-refractivity contribution is 7.91. The Bertz CT molecular complexity index is 1130. The van der Waals surface area contributed by atoms with Crippen LogP contribution in [0.15, 0.2) is 52.5 Å². The first-order chi connectivity index (χ1) is 12.4. The van der Waals surface area contributed by atoms with Crippen molar-refractivity contribution in [2.75, 3.05) is 12.4 Å². The van der Waals surface area contributed by atoms with Crippen LogP contribution < -0.4 is 10.3 Å². The van der Waals surface area contributed by atoms with Crippen LogP contribution in [0.5, 0.6) is 5.75 Å². The van der Waals surface area contributed by atoms with Crippen molar-refractivity contribution in [3.63, 3.8) is 0 Å². The van der Waals surface area contributed by atoms with Crippen LogP contribution in [-0.4, -0.2) is 30.3 Å². The summed E-state index contributed by atoms with van der Waals surface area (Å²) in [6, 6.07) is 6.48. The maximum absolute atomic E-state index is 12.4. The topological polar surface area (TPSA) is 78.3 Å². The first-order valence-corrected chi connectivity index (χ1v) is 9.97. The van der Waals surface area contributed by atoms with Crippen molar-refractivity contribution < 1.29 is 13.2 Å². The molecule has 3 aromatic rings.